The number of aliphatic carboxylic acids is 1. The number of carboxylic acid groups (broad SMARTS) is 1. The number of rotatable bonds is 4. The number of nitrogens with zero attached hydrogens (tertiary/aromatic N) is 1. The fraction of sp³-hybridized carbons (Fsp3) is 0.389. The molecule has 144 valence electrons. The van der Waals surface area contributed by atoms with Crippen molar-refractivity contribution >= 4 is 32.6 Å². The van der Waals surface area contributed by atoms with Crippen LogP contribution in [-0.4, -0.2) is 46.9 Å². The minimum absolute atomic E-state index is 0.00995. The Balaban J connectivity index is 1.77. The van der Waals surface area contributed by atoms with E-state index in [1.165, 1.54) is 38.2 Å². The topological polar surface area (TPSA) is 113 Å². The lowest BCUT2D eigenvalue weighted by Gasteiger charge is -2.25. The second-order valence-electron chi connectivity index (χ2n) is 7.15. The summed E-state index contributed by atoms with van der Waals surface area (Å²) < 4.78 is 37.2. The van der Waals surface area contributed by atoms with Gasteiger partial charge in [0.1, 0.15) is 11.3 Å². The highest BCUT2D eigenvalue weighted by Crippen LogP contribution is 2.41. The molecule has 3 rings (SSSR count). The highest BCUT2D eigenvalue weighted by Gasteiger charge is 2.56. The van der Waals surface area contributed by atoms with Gasteiger partial charge in [-0.25, -0.2) is 12.8 Å². The maximum absolute atomic E-state index is 13.7. The van der Waals surface area contributed by atoms with Crippen molar-refractivity contribution in [2.45, 2.75) is 30.3 Å². The van der Waals surface area contributed by atoms with E-state index >= 15 is 0 Å². The van der Waals surface area contributed by atoms with Gasteiger partial charge < -0.3 is 10.4 Å². The molecule has 1 aromatic heterocycles. The summed E-state index contributed by atoms with van der Waals surface area (Å²) in [5.74, 6) is -2.89. The zero-order chi connectivity index (χ0) is 20.0. The van der Waals surface area contributed by atoms with Crippen LogP contribution in [0.4, 0.5) is 4.39 Å². The predicted molar refractivity (Wildman–Crippen MR) is 96.6 cm³/mol. The van der Waals surface area contributed by atoms with Crippen molar-refractivity contribution in [1.82, 2.24) is 10.3 Å². The van der Waals surface area contributed by atoms with Crippen LogP contribution in [0.5, 0.6) is 0 Å². The predicted octanol–water partition coefficient (Wildman–Crippen LogP) is 1.77. The number of hydrogen-bond acceptors (Lipinski definition) is 5. The molecule has 9 heteroatoms. The molecule has 1 aromatic carbocycles. The molecule has 0 saturated carbocycles. The molecule has 1 fully saturated rings. The summed E-state index contributed by atoms with van der Waals surface area (Å²) in [6, 6.07) is 5.92. The minimum Gasteiger partial charge on any atom is -0.480 e. The molecule has 2 atom stereocenters. The molecule has 2 aromatic rings. The molecule has 2 N–H and O–H groups in total. The monoisotopic (exact) mass is 394 g/mol. The molecule has 1 aliphatic rings. The summed E-state index contributed by atoms with van der Waals surface area (Å²) in [4.78, 5) is 27.6. The third-order valence-electron chi connectivity index (χ3n) is 5.30. The zero-order valence-electron chi connectivity index (χ0n) is 14.8. The van der Waals surface area contributed by atoms with Gasteiger partial charge in [0.15, 0.2) is 15.1 Å². The molecule has 27 heavy (non-hydrogen) atoms. The molecule has 2 unspecified atom stereocenters. The summed E-state index contributed by atoms with van der Waals surface area (Å²) in [6.07, 6.45) is 1.18. The molecule has 7 nitrogen and oxygen atoms in total. The van der Waals surface area contributed by atoms with E-state index in [4.69, 9.17) is 0 Å². The van der Waals surface area contributed by atoms with Crippen LogP contribution in [0.3, 0.4) is 0 Å². The van der Waals surface area contributed by atoms with Gasteiger partial charge in [-0.3, -0.25) is 14.6 Å². The van der Waals surface area contributed by atoms with Crippen LogP contribution in [0.2, 0.25) is 0 Å². The smallest absolute Gasteiger partial charge is 0.321 e. The first kappa shape index (κ1) is 19.2. The Hall–Kier alpha value is -2.55. The lowest BCUT2D eigenvalue weighted by molar-refractivity contribution is -0.136. The first-order chi connectivity index (χ1) is 12.6. The van der Waals surface area contributed by atoms with Gasteiger partial charge in [0.2, 0.25) is 0 Å². The molecule has 1 aliphatic heterocycles. The van der Waals surface area contributed by atoms with Crippen molar-refractivity contribution in [2.75, 3.05) is 6.54 Å². The number of para-hydroxylation sites is 1. The Bertz CT molecular complexity index is 1040. The normalized spacial score (nSPS) is 23.2. The fourth-order valence-corrected chi connectivity index (χ4v) is 5.52. The quantitative estimate of drug-likeness (QED) is 0.817. The number of carboxylic acids is 1. The van der Waals surface area contributed by atoms with E-state index in [1.807, 2.05) is 0 Å². The minimum atomic E-state index is -3.86. The number of nitrogens with one attached hydrogen (secondary N) is 1. The number of fused-ring (bicyclic) bond motifs is 1. The van der Waals surface area contributed by atoms with Crippen LogP contribution in [0.15, 0.2) is 30.5 Å². The second kappa shape index (κ2) is 6.56. The summed E-state index contributed by atoms with van der Waals surface area (Å²) in [6.45, 7) is 2.96. The number of benzene rings is 1. The maximum Gasteiger partial charge on any atom is 0.321 e. The van der Waals surface area contributed by atoms with Crippen LogP contribution < -0.4 is 5.32 Å². The molecular formula is C18H19FN2O5S. The number of aromatic nitrogens is 1. The Kier molecular flexibility index (Phi) is 4.67. The maximum atomic E-state index is 13.7. The van der Waals surface area contributed by atoms with Gasteiger partial charge in [0, 0.05) is 18.1 Å². The molecule has 1 amide bonds. The number of carbonyl (C=O) groups excluding carboxylic acids is 1. The van der Waals surface area contributed by atoms with E-state index in [0.29, 0.717) is 5.39 Å². The summed E-state index contributed by atoms with van der Waals surface area (Å²) >= 11 is 0. The van der Waals surface area contributed by atoms with Gasteiger partial charge in [-0.15, -0.1) is 0 Å². The SMILES string of the molecule is CC1(C)C(CNC(=O)c2cnc3c(F)cccc3c2)CC(C(=O)O)S1(=O)=O. The number of sulfone groups is 1. The highest BCUT2D eigenvalue weighted by atomic mass is 32.2. The van der Waals surface area contributed by atoms with E-state index in [9.17, 15) is 27.5 Å². The van der Waals surface area contributed by atoms with Gasteiger partial charge in [0.05, 0.1) is 10.3 Å². The van der Waals surface area contributed by atoms with E-state index in [1.54, 1.807) is 6.07 Å². The van der Waals surface area contributed by atoms with Crippen LogP contribution in [0, 0.1) is 11.7 Å². The van der Waals surface area contributed by atoms with E-state index in [2.05, 4.69) is 10.3 Å². The van der Waals surface area contributed by atoms with Crippen LogP contribution in [0.1, 0.15) is 30.6 Å². The number of amides is 1. The summed E-state index contributed by atoms with van der Waals surface area (Å²) in [5.41, 5.74) is 0.364. The first-order valence-corrected chi connectivity index (χ1v) is 9.89. The van der Waals surface area contributed by atoms with Crippen molar-refractivity contribution in [2.24, 2.45) is 5.92 Å². The third kappa shape index (κ3) is 3.16. The lowest BCUT2D eigenvalue weighted by atomic mass is 9.91. The van der Waals surface area contributed by atoms with E-state index in [-0.39, 0.29) is 24.0 Å². The number of halogens is 1. The summed E-state index contributed by atoms with van der Waals surface area (Å²) in [5, 5.41) is 10.8. The number of pyridine rings is 1. The molecule has 0 aliphatic carbocycles. The van der Waals surface area contributed by atoms with Crippen molar-refractivity contribution in [1.29, 1.82) is 0 Å². The Labute approximate surface area is 155 Å². The number of hydrogen-bond donors (Lipinski definition) is 2. The average molecular weight is 394 g/mol. The van der Waals surface area contributed by atoms with E-state index < -0.39 is 43.4 Å². The van der Waals surface area contributed by atoms with Crippen LogP contribution >= 0.6 is 0 Å². The fourth-order valence-electron chi connectivity index (χ4n) is 3.40. The van der Waals surface area contributed by atoms with Crippen molar-refractivity contribution < 1.29 is 27.5 Å². The molecule has 2 heterocycles. The molecule has 1 saturated heterocycles. The average Bonchev–Trinajstić information content (AvgIpc) is 2.78. The highest BCUT2D eigenvalue weighted by molar-refractivity contribution is 7.94. The Morgan fingerprint density at radius 1 is 1.37 bits per heavy atom. The van der Waals surface area contributed by atoms with Crippen molar-refractivity contribution in [3.63, 3.8) is 0 Å². The van der Waals surface area contributed by atoms with Crippen LogP contribution in [0.25, 0.3) is 10.9 Å². The van der Waals surface area contributed by atoms with E-state index in [0.717, 1.165) is 0 Å². The Morgan fingerprint density at radius 3 is 2.70 bits per heavy atom. The number of carbonyl (C=O) groups is 2. The van der Waals surface area contributed by atoms with Gasteiger partial charge in [-0.2, -0.15) is 0 Å². The lowest BCUT2D eigenvalue weighted by Crippen LogP contribution is -2.41. The Morgan fingerprint density at radius 2 is 2.07 bits per heavy atom. The second-order valence-corrected chi connectivity index (χ2v) is 9.86. The largest absolute Gasteiger partial charge is 0.480 e. The summed E-state index contributed by atoms with van der Waals surface area (Å²) in [7, 11) is -3.86. The molecular weight excluding hydrogens is 375 g/mol. The van der Waals surface area contributed by atoms with Crippen molar-refractivity contribution in [3.8, 4) is 0 Å². The third-order valence-corrected chi connectivity index (χ3v) is 8.24. The van der Waals surface area contributed by atoms with Gasteiger partial charge in [-0.1, -0.05) is 12.1 Å². The first-order valence-electron chi connectivity index (χ1n) is 8.34. The van der Waals surface area contributed by atoms with Crippen LogP contribution in [-0.2, 0) is 14.6 Å². The van der Waals surface area contributed by atoms with Gasteiger partial charge >= 0.3 is 5.97 Å². The molecule has 0 spiro atoms. The van der Waals surface area contributed by atoms with Gasteiger partial charge in [-0.05, 0) is 38.3 Å². The molecule has 0 radical (unpaired) electrons. The van der Waals surface area contributed by atoms with Crippen molar-refractivity contribution in [3.05, 3.63) is 41.8 Å². The zero-order valence-corrected chi connectivity index (χ0v) is 15.6. The molecule has 0 bridgehead atoms. The standard InChI is InChI=1S/C18H19FN2O5S/c1-18(2)12(7-14(17(23)24)27(18,25)26)9-21-16(22)11-6-10-4-3-5-13(19)15(10)20-8-11/h3-6,8,12,14H,7,9H2,1-2H3,(H,21,22)(H,23,24). The van der Waals surface area contributed by atoms with Gasteiger partial charge in [0.25, 0.3) is 5.91 Å².